The van der Waals surface area contributed by atoms with E-state index >= 15 is 0 Å². The summed E-state index contributed by atoms with van der Waals surface area (Å²) < 4.78 is 32.8. The van der Waals surface area contributed by atoms with Gasteiger partial charge in [-0.2, -0.15) is 15.6 Å². The molecular weight excluding hydrogens is 422 g/mol. The third kappa shape index (κ3) is 4.75. The van der Waals surface area contributed by atoms with Crippen molar-refractivity contribution in [3.63, 3.8) is 0 Å². The van der Waals surface area contributed by atoms with Crippen molar-refractivity contribution in [2.75, 3.05) is 49.6 Å². The van der Waals surface area contributed by atoms with E-state index in [9.17, 15) is 13.2 Å². The molecule has 2 aromatic rings. The van der Waals surface area contributed by atoms with E-state index in [2.05, 4.69) is 10.2 Å². The van der Waals surface area contributed by atoms with Gasteiger partial charge in [0.25, 0.3) is 0 Å². The first-order valence-electron chi connectivity index (χ1n) is 10.0. The molecule has 160 valence electrons. The van der Waals surface area contributed by atoms with Crippen LogP contribution in [0.5, 0.6) is 0 Å². The Morgan fingerprint density at radius 3 is 2.57 bits per heavy atom. The first-order chi connectivity index (χ1) is 14.5. The van der Waals surface area contributed by atoms with Crippen molar-refractivity contribution in [1.29, 1.82) is 0 Å². The molecule has 0 spiro atoms. The fourth-order valence-corrected chi connectivity index (χ4v) is 5.72. The number of anilines is 2. The quantitative estimate of drug-likeness (QED) is 0.689. The summed E-state index contributed by atoms with van der Waals surface area (Å²) in [5.74, 6) is -0.289. The molecule has 4 rings (SSSR count). The highest BCUT2D eigenvalue weighted by molar-refractivity contribution is 7.89. The van der Waals surface area contributed by atoms with Crippen LogP contribution < -0.4 is 10.2 Å². The third-order valence-electron chi connectivity index (χ3n) is 5.25. The van der Waals surface area contributed by atoms with E-state index in [0.29, 0.717) is 32.0 Å². The van der Waals surface area contributed by atoms with Crippen LogP contribution >= 0.6 is 11.3 Å². The second-order valence-electron chi connectivity index (χ2n) is 7.27. The minimum Gasteiger partial charge on any atom is -0.379 e. The maximum absolute atomic E-state index is 13.1. The fourth-order valence-electron chi connectivity index (χ4n) is 3.66. The minimum atomic E-state index is -3.64. The number of nitrogens with zero attached hydrogens (tertiary/aromatic N) is 2. The van der Waals surface area contributed by atoms with Gasteiger partial charge in [0.2, 0.25) is 15.9 Å². The van der Waals surface area contributed by atoms with Crippen molar-refractivity contribution in [3.8, 4) is 0 Å². The van der Waals surface area contributed by atoms with Crippen LogP contribution in [-0.4, -0.2) is 58.0 Å². The largest absolute Gasteiger partial charge is 0.379 e. The number of benzene rings is 1. The summed E-state index contributed by atoms with van der Waals surface area (Å²) in [5.41, 5.74) is 2.33. The Labute approximate surface area is 181 Å². The van der Waals surface area contributed by atoms with Crippen LogP contribution in [0.1, 0.15) is 18.4 Å². The number of hydrogen-bond acceptors (Lipinski definition) is 6. The molecule has 2 saturated heterocycles. The lowest BCUT2D eigenvalue weighted by Gasteiger charge is -2.27. The molecule has 1 N–H and O–H groups in total. The molecule has 9 heteroatoms. The van der Waals surface area contributed by atoms with Gasteiger partial charge in [-0.25, -0.2) is 8.42 Å². The van der Waals surface area contributed by atoms with Gasteiger partial charge in [0, 0.05) is 32.3 Å². The monoisotopic (exact) mass is 447 g/mol. The Balaban J connectivity index is 1.61. The highest BCUT2D eigenvalue weighted by atomic mass is 32.2. The van der Waals surface area contributed by atoms with E-state index < -0.39 is 10.0 Å². The van der Waals surface area contributed by atoms with Gasteiger partial charge in [-0.15, -0.1) is 0 Å². The summed E-state index contributed by atoms with van der Waals surface area (Å²) in [6, 6.07) is 6.95. The maximum Gasteiger partial charge on any atom is 0.248 e. The van der Waals surface area contributed by atoms with Gasteiger partial charge < -0.3 is 15.0 Å². The lowest BCUT2D eigenvalue weighted by atomic mass is 10.2. The van der Waals surface area contributed by atoms with Gasteiger partial charge in [0.05, 0.1) is 29.5 Å². The molecule has 2 aliphatic rings. The molecule has 7 nitrogen and oxygen atoms in total. The standard InChI is InChI=1S/C21H25N3O4S2/c25-21(6-3-17-7-14-29-16-17)22-19-15-18(4-5-20(19)23-8-1-2-9-23)30(26,27)24-10-12-28-13-11-24/h3-7,14-16H,1-2,8-13H2,(H,22,25)/b6-3+. The number of carbonyl (C=O) groups is 1. The Kier molecular flexibility index (Phi) is 6.52. The van der Waals surface area contributed by atoms with Crippen molar-refractivity contribution in [1.82, 2.24) is 4.31 Å². The summed E-state index contributed by atoms with van der Waals surface area (Å²) in [5, 5.41) is 6.79. The number of amides is 1. The van der Waals surface area contributed by atoms with Crippen molar-refractivity contribution in [3.05, 3.63) is 46.7 Å². The van der Waals surface area contributed by atoms with E-state index in [4.69, 9.17) is 4.74 Å². The molecule has 0 saturated carbocycles. The van der Waals surface area contributed by atoms with E-state index in [1.807, 2.05) is 16.8 Å². The molecule has 2 fully saturated rings. The average Bonchev–Trinajstić information content (AvgIpc) is 3.47. The van der Waals surface area contributed by atoms with Gasteiger partial charge >= 0.3 is 0 Å². The normalized spacial score (nSPS) is 18.2. The highest BCUT2D eigenvalue weighted by Gasteiger charge is 2.28. The molecule has 0 aliphatic carbocycles. The zero-order chi connectivity index (χ0) is 21.0. The average molecular weight is 448 g/mol. The predicted octanol–water partition coefficient (Wildman–Crippen LogP) is 3.02. The molecule has 3 heterocycles. The summed E-state index contributed by atoms with van der Waals surface area (Å²) in [4.78, 5) is 14.9. The predicted molar refractivity (Wildman–Crippen MR) is 119 cm³/mol. The zero-order valence-corrected chi connectivity index (χ0v) is 18.3. The van der Waals surface area contributed by atoms with Crippen LogP contribution in [0.25, 0.3) is 6.08 Å². The van der Waals surface area contributed by atoms with Crippen LogP contribution in [0, 0.1) is 0 Å². The number of rotatable bonds is 6. The molecule has 0 radical (unpaired) electrons. The Hall–Kier alpha value is -2.20. The van der Waals surface area contributed by atoms with Gasteiger partial charge in [0.1, 0.15) is 0 Å². The first kappa shape index (κ1) is 21.0. The third-order valence-corrected chi connectivity index (χ3v) is 7.85. The van der Waals surface area contributed by atoms with Gasteiger partial charge in [-0.1, -0.05) is 0 Å². The molecule has 0 atom stereocenters. The van der Waals surface area contributed by atoms with Crippen LogP contribution in [0.3, 0.4) is 0 Å². The Morgan fingerprint density at radius 1 is 1.10 bits per heavy atom. The summed E-state index contributed by atoms with van der Waals surface area (Å²) in [7, 11) is -3.64. The molecule has 1 amide bonds. The first-order valence-corrected chi connectivity index (χ1v) is 12.4. The van der Waals surface area contributed by atoms with Crippen molar-refractivity contribution < 1.29 is 17.9 Å². The maximum atomic E-state index is 13.1. The van der Waals surface area contributed by atoms with E-state index in [1.165, 1.54) is 10.4 Å². The smallest absolute Gasteiger partial charge is 0.248 e. The molecule has 1 aromatic heterocycles. The fraction of sp³-hybridized carbons (Fsp3) is 0.381. The molecule has 0 unspecified atom stereocenters. The summed E-state index contributed by atoms with van der Waals surface area (Å²) in [6.45, 7) is 3.24. The molecule has 1 aromatic carbocycles. The molecular formula is C21H25N3O4S2. The van der Waals surface area contributed by atoms with E-state index in [-0.39, 0.29) is 10.8 Å². The van der Waals surface area contributed by atoms with Crippen LogP contribution in [0.15, 0.2) is 46.0 Å². The molecule has 2 aliphatic heterocycles. The van der Waals surface area contributed by atoms with Crippen molar-refractivity contribution in [2.45, 2.75) is 17.7 Å². The topological polar surface area (TPSA) is 79.0 Å². The van der Waals surface area contributed by atoms with Crippen LogP contribution in [0.2, 0.25) is 0 Å². The highest BCUT2D eigenvalue weighted by Crippen LogP contribution is 2.32. The summed E-state index contributed by atoms with van der Waals surface area (Å²) >= 11 is 1.56. The number of sulfonamides is 1. The van der Waals surface area contributed by atoms with Crippen molar-refractivity contribution in [2.24, 2.45) is 0 Å². The Bertz CT molecular complexity index is 1010. The van der Waals surface area contributed by atoms with Crippen molar-refractivity contribution >= 4 is 44.7 Å². The zero-order valence-electron chi connectivity index (χ0n) is 16.6. The van der Waals surface area contributed by atoms with E-state index in [1.54, 1.807) is 35.6 Å². The second-order valence-corrected chi connectivity index (χ2v) is 9.99. The number of carbonyl (C=O) groups excluding carboxylic acids is 1. The van der Waals surface area contributed by atoms with Gasteiger partial charge in [-0.3, -0.25) is 4.79 Å². The lowest BCUT2D eigenvalue weighted by molar-refractivity contribution is -0.111. The SMILES string of the molecule is O=C(/C=C/c1ccsc1)Nc1cc(S(=O)(=O)N2CCOCC2)ccc1N1CCCC1. The Morgan fingerprint density at radius 2 is 1.87 bits per heavy atom. The molecule has 0 bridgehead atoms. The van der Waals surface area contributed by atoms with Gasteiger partial charge in [-0.05, 0) is 59.5 Å². The number of nitrogens with one attached hydrogen (secondary N) is 1. The number of ether oxygens (including phenoxy) is 1. The van der Waals surface area contributed by atoms with Gasteiger partial charge in [0.15, 0.2) is 0 Å². The van der Waals surface area contributed by atoms with E-state index in [0.717, 1.165) is 37.2 Å². The number of thiophene rings is 1. The minimum absolute atomic E-state index is 0.185. The summed E-state index contributed by atoms with van der Waals surface area (Å²) in [6.07, 6.45) is 5.38. The van der Waals surface area contributed by atoms with Crippen LogP contribution in [-0.2, 0) is 19.6 Å². The lowest BCUT2D eigenvalue weighted by Crippen LogP contribution is -2.40. The number of hydrogen-bond donors (Lipinski definition) is 1. The molecule has 30 heavy (non-hydrogen) atoms. The number of morpholine rings is 1. The second kappa shape index (κ2) is 9.30. The van der Waals surface area contributed by atoms with Crippen LogP contribution in [0.4, 0.5) is 11.4 Å².